The number of hydrogen-bond acceptors (Lipinski definition) is 2. The minimum Gasteiger partial charge on any atom is -0.497 e. The van der Waals surface area contributed by atoms with Crippen molar-refractivity contribution in [3.63, 3.8) is 0 Å². The van der Waals surface area contributed by atoms with Gasteiger partial charge in [0.25, 0.3) is 0 Å². The first-order valence-corrected chi connectivity index (χ1v) is 6.04. The fourth-order valence-electron chi connectivity index (χ4n) is 1.53. The molecule has 0 fully saturated rings. The van der Waals surface area contributed by atoms with Gasteiger partial charge in [0.1, 0.15) is 5.75 Å². The summed E-state index contributed by atoms with van der Waals surface area (Å²) in [5.74, 6) is 1.65. The second-order valence-electron chi connectivity index (χ2n) is 4.42. The van der Waals surface area contributed by atoms with Crippen molar-refractivity contribution >= 4 is 0 Å². The minimum atomic E-state index is 0.403. The van der Waals surface area contributed by atoms with E-state index in [2.05, 4.69) is 38.2 Å². The molecule has 1 aromatic rings. The van der Waals surface area contributed by atoms with Crippen LogP contribution in [0, 0.1) is 5.92 Å². The Hall–Kier alpha value is -1.02. The number of methoxy groups -OCH3 is 1. The predicted molar refractivity (Wildman–Crippen MR) is 68.9 cm³/mol. The van der Waals surface area contributed by atoms with Crippen LogP contribution in [0.4, 0.5) is 0 Å². The van der Waals surface area contributed by atoms with Crippen LogP contribution in [0.15, 0.2) is 24.3 Å². The van der Waals surface area contributed by atoms with Crippen molar-refractivity contribution in [2.75, 3.05) is 13.7 Å². The Morgan fingerprint density at radius 2 is 1.81 bits per heavy atom. The van der Waals surface area contributed by atoms with E-state index in [1.54, 1.807) is 7.11 Å². The third-order valence-electron chi connectivity index (χ3n) is 3.09. The van der Waals surface area contributed by atoms with E-state index in [9.17, 15) is 0 Å². The molecular weight excluding hydrogens is 198 g/mol. The van der Waals surface area contributed by atoms with E-state index < -0.39 is 0 Å². The molecule has 1 unspecified atom stereocenters. The summed E-state index contributed by atoms with van der Waals surface area (Å²) in [5.41, 5.74) is 1.31. The zero-order chi connectivity index (χ0) is 12.0. The molecule has 0 aliphatic rings. The van der Waals surface area contributed by atoms with Crippen molar-refractivity contribution < 1.29 is 4.74 Å². The first-order chi connectivity index (χ1) is 7.67. The SMILES string of the molecule is CCC(C)CN[C@@H](C)c1ccc(OC)cc1. The van der Waals surface area contributed by atoms with Crippen molar-refractivity contribution in [2.45, 2.75) is 33.2 Å². The highest BCUT2D eigenvalue weighted by molar-refractivity contribution is 5.28. The van der Waals surface area contributed by atoms with E-state index in [1.165, 1.54) is 12.0 Å². The molecule has 0 aromatic heterocycles. The maximum Gasteiger partial charge on any atom is 0.118 e. The summed E-state index contributed by atoms with van der Waals surface area (Å²) >= 11 is 0. The molecule has 0 spiro atoms. The molecule has 0 amide bonds. The number of benzene rings is 1. The van der Waals surface area contributed by atoms with E-state index in [0.29, 0.717) is 6.04 Å². The molecule has 0 heterocycles. The molecule has 0 aliphatic carbocycles. The van der Waals surface area contributed by atoms with E-state index in [0.717, 1.165) is 18.2 Å². The normalized spacial score (nSPS) is 14.5. The number of ether oxygens (including phenoxy) is 1. The largest absolute Gasteiger partial charge is 0.497 e. The second-order valence-corrected chi connectivity index (χ2v) is 4.42. The monoisotopic (exact) mass is 221 g/mol. The summed E-state index contributed by atoms with van der Waals surface area (Å²) in [6, 6.07) is 8.66. The highest BCUT2D eigenvalue weighted by Crippen LogP contribution is 2.17. The molecule has 16 heavy (non-hydrogen) atoms. The second kappa shape index (κ2) is 6.54. The lowest BCUT2D eigenvalue weighted by molar-refractivity contribution is 0.414. The van der Waals surface area contributed by atoms with Gasteiger partial charge >= 0.3 is 0 Å². The van der Waals surface area contributed by atoms with Crippen LogP contribution >= 0.6 is 0 Å². The topological polar surface area (TPSA) is 21.3 Å². The third-order valence-corrected chi connectivity index (χ3v) is 3.09. The van der Waals surface area contributed by atoms with Crippen LogP contribution in [-0.4, -0.2) is 13.7 Å². The Bertz CT molecular complexity index is 294. The molecule has 0 aliphatic heterocycles. The molecule has 2 atom stereocenters. The van der Waals surface area contributed by atoms with Crippen molar-refractivity contribution in [3.8, 4) is 5.75 Å². The van der Waals surface area contributed by atoms with Crippen LogP contribution in [0.3, 0.4) is 0 Å². The lowest BCUT2D eigenvalue weighted by atomic mass is 10.1. The lowest BCUT2D eigenvalue weighted by Crippen LogP contribution is -2.24. The molecule has 1 rings (SSSR count). The standard InChI is InChI=1S/C14H23NO/c1-5-11(2)10-15-12(3)13-6-8-14(16-4)9-7-13/h6-9,11-12,15H,5,10H2,1-4H3/t11?,12-/m0/s1. The first-order valence-electron chi connectivity index (χ1n) is 6.04. The maximum atomic E-state index is 5.14. The molecule has 1 aromatic carbocycles. The molecule has 90 valence electrons. The summed E-state index contributed by atoms with van der Waals surface area (Å²) in [5, 5.41) is 3.55. The van der Waals surface area contributed by atoms with Crippen LogP contribution in [0.1, 0.15) is 38.8 Å². The Labute approximate surface area is 99.0 Å². The fourth-order valence-corrected chi connectivity index (χ4v) is 1.53. The highest BCUT2D eigenvalue weighted by atomic mass is 16.5. The third kappa shape index (κ3) is 3.86. The summed E-state index contributed by atoms with van der Waals surface area (Å²) in [7, 11) is 1.69. The van der Waals surface area contributed by atoms with Gasteiger partial charge in [0, 0.05) is 6.04 Å². The molecule has 2 heteroatoms. The molecular formula is C14H23NO. The smallest absolute Gasteiger partial charge is 0.118 e. The Kier molecular flexibility index (Phi) is 5.33. The van der Waals surface area contributed by atoms with E-state index >= 15 is 0 Å². The fraction of sp³-hybridized carbons (Fsp3) is 0.571. The van der Waals surface area contributed by atoms with Gasteiger partial charge in [-0.15, -0.1) is 0 Å². The zero-order valence-electron chi connectivity index (χ0n) is 10.8. The maximum absolute atomic E-state index is 5.14. The number of nitrogens with one attached hydrogen (secondary N) is 1. The molecule has 1 N–H and O–H groups in total. The van der Waals surface area contributed by atoms with Crippen molar-refractivity contribution in [1.29, 1.82) is 0 Å². The molecule has 0 saturated heterocycles. The average Bonchev–Trinajstić information content (AvgIpc) is 2.35. The van der Waals surface area contributed by atoms with Gasteiger partial charge in [0.05, 0.1) is 7.11 Å². The van der Waals surface area contributed by atoms with Gasteiger partial charge in [-0.3, -0.25) is 0 Å². The van der Waals surface area contributed by atoms with E-state index in [1.807, 2.05) is 12.1 Å². The van der Waals surface area contributed by atoms with Gasteiger partial charge in [-0.2, -0.15) is 0 Å². The number of rotatable bonds is 6. The van der Waals surface area contributed by atoms with Crippen molar-refractivity contribution in [1.82, 2.24) is 5.32 Å². The first kappa shape index (κ1) is 13.0. The van der Waals surface area contributed by atoms with Crippen LogP contribution in [-0.2, 0) is 0 Å². The Morgan fingerprint density at radius 3 is 2.31 bits per heavy atom. The van der Waals surface area contributed by atoms with Crippen LogP contribution in [0.5, 0.6) is 5.75 Å². The summed E-state index contributed by atoms with van der Waals surface area (Å²) in [6.45, 7) is 7.77. The number of hydrogen-bond donors (Lipinski definition) is 1. The Balaban J connectivity index is 2.49. The van der Waals surface area contributed by atoms with Crippen LogP contribution < -0.4 is 10.1 Å². The van der Waals surface area contributed by atoms with Crippen molar-refractivity contribution in [2.24, 2.45) is 5.92 Å². The minimum absolute atomic E-state index is 0.403. The molecule has 0 bridgehead atoms. The quantitative estimate of drug-likeness (QED) is 0.795. The summed E-state index contributed by atoms with van der Waals surface area (Å²) in [6.07, 6.45) is 1.22. The van der Waals surface area contributed by atoms with Gasteiger partial charge in [0.15, 0.2) is 0 Å². The lowest BCUT2D eigenvalue weighted by Gasteiger charge is -2.17. The average molecular weight is 221 g/mol. The molecule has 0 radical (unpaired) electrons. The predicted octanol–water partition coefficient (Wildman–Crippen LogP) is 3.39. The molecule has 2 nitrogen and oxygen atoms in total. The molecule has 0 saturated carbocycles. The van der Waals surface area contributed by atoms with Crippen LogP contribution in [0.25, 0.3) is 0 Å². The van der Waals surface area contributed by atoms with E-state index in [-0.39, 0.29) is 0 Å². The van der Waals surface area contributed by atoms with Gasteiger partial charge in [-0.05, 0) is 37.1 Å². The Morgan fingerprint density at radius 1 is 1.19 bits per heavy atom. The van der Waals surface area contributed by atoms with Gasteiger partial charge in [0.2, 0.25) is 0 Å². The van der Waals surface area contributed by atoms with Gasteiger partial charge in [-0.25, -0.2) is 0 Å². The zero-order valence-corrected chi connectivity index (χ0v) is 10.8. The van der Waals surface area contributed by atoms with E-state index in [4.69, 9.17) is 4.74 Å². The summed E-state index contributed by atoms with van der Waals surface area (Å²) in [4.78, 5) is 0. The summed E-state index contributed by atoms with van der Waals surface area (Å²) < 4.78 is 5.14. The van der Waals surface area contributed by atoms with Gasteiger partial charge < -0.3 is 10.1 Å². The highest BCUT2D eigenvalue weighted by Gasteiger charge is 2.06. The van der Waals surface area contributed by atoms with Crippen molar-refractivity contribution in [3.05, 3.63) is 29.8 Å². The van der Waals surface area contributed by atoms with Crippen LogP contribution in [0.2, 0.25) is 0 Å². The van der Waals surface area contributed by atoms with Gasteiger partial charge in [-0.1, -0.05) is 32.4 Å².